The van der Waals surface area contributed by atoms with Crippen molar-refractivity contribution in [2.75, 3.05) is 27.2 Å². The summed E-state index contributed by atoms with van der Waals surface area (Å²) in [6, 6.07) is 8.21. The van der Waals surface area contributed by atoms with Crippen LogP contribution in [0.3, 0.4) is 0 Å². The van der Waals surface area contributed by atoms with Crippen LogP contribution in [0, 0.1) is 12.3 Å². The van der Waals surface area contributed by atoms with Crippen LogP contribution in [0.25, 0.3) is 5.69 Å². The van der Waals surface area contributed by atoms with Crippen LogP contribution in [0.2, 0.25) is 0 Å². The monoisotopic (exact) mass is 354 g/mol. The Morgan fingerprint density at radius 2 is 2.00 bits per heavy atom. The molecular weight excluding hydrogens is 324 g/mol. The van der Waals surface area contributed by atoms with Gasteiger partial charge in [0, 0.05) is 24.3 Å². The number of fused-ring (bicyclic) bond motifs is 1. The minimum absolute atomic E-state index is 0.0148. The molecular formula is C21H30N4O. The van der Waals surface area contributed by atoms with Crippen LogP contribution in [0.15, 0.2) is 24.3 Å². The van der Waals surface area contributed by atoms with Crippen LogP contribution in [0.5, 0.6) is 0 Å². The summed E-state index contributed by atoms with van der Waals surface area (Å²) in [4.78, 5) is 15.0. The smallest absolute Gasteiger partial charge is 0.272 e. The number of aromatic nitrogens is 2. The highest BCUT2D eigenvalue weighted by molar-refractivity contribution is 5.94. The normalized spacial score (nSPS) is 13.9. The zero-order valence-corrected chi connectivity index (χ0v) is 16.6. The molecule has 140 valence electrons. The highest BCUT2D eigenvalue weighted by atomic mass is 16.2. The second-order valence-electron chi connectivity index (χ2n) is 8.41. The van der Waals surface area contributed by atoms with Crippen LogP contribution in [0.1, 0.15) is 47.6 Å². The van der Waals surface area contributed by atoms with Gasteiger partial charge in [-0.1, -0.05) is 32.0 Å². The molecule has 0 aliphatic heterocycles. The molecule has 5 heteroatoms. The standard InChI is InChI=1S/C21H30N4O/c1-15-9-6-7-11-17(15)25-18-12-8-10-16(18)19(23-25)20(26)22-13-21(2,3)14-24(4)5/h6-7,9,11H,8,10,12-14H2,1-5H3,(H,22,26). The maximum atomic E-state index is 12.9. The molecule has 1 aromatic heterocycles. The van der Waals surface area contributed by atoms with E-state index >= 15 is 0 Å². The van der Waals surface area contributed by atoms with E-state index in [0.717, 1.165) is 37.1 Å². The zero-order valence-electron chi connectivity index (χ0n) is 16.6. The second-order valence-corrected chi connectivity index (χ2v) is 8.41. The van der Waals surface area contributed by atoms with Crippen molar-refractivity contribution in [1.82, 2.24) is 20.0 Å². The highest BCUT2D eigenvalue weighted by Gasteiger charge is 2.28. The molecule has 2 aromatic rings. The Balaban J connectivity index is 1.84. The zero-order chi connectivity index (χ0) is 18.9. The molecule has 1 aromatic carbocycles. The van der Waals surface area contributed by atoms with Gasteiger partial charge in [-0.15, -0.1) is 0 Å². The summed E-state index contributed by atoms with van der Waals surface area (Å²) in [7, 11) is 4.11. The van der Waals surface area contributed by atoms with Gasteiger partial charge in [0.15, 0.2) is 5.69 Å². The third-order valence-corrected chi connectivity index (χ3v) is 4.96. The Labute approximate surface area is 156 Å². The van der Waals surface area contributed by atoms with E-state index in [0.29, 0.717) is 12.2 Å². The number of carbonyl (C=O) groups is 1. The van der Waals surface area contributed by atoms with Crippen LogP contribution in [-0.2, 0) is 12.8 Å². The average Bonchev–Trinajstić information content (AvgIpc) is 3.14. The van der Waals surface area contributed by atoms with E-state index < -0.39 is 0 Å². The van der Waals surface area contributed by atoms with Gasteiger partial charge in [0.05, 0.1) is 5.69 Å². The lowest BCUT2D eigenvalue weighted by molar-refractivity contribution is 0.0923. The van der Waals surface area contributed by atoms with Gasteiger partial charge < -0.3 is 10.2 Å². The molecule has 0 saturated carbocycles. The van der Waals surface area contributed by atoms with Crippen molar-refractivity contribution < 1.29 is 4.79 Å². The molecule has 0 spiro atoms. The molecule has 1 aliphatic carbocycles. The maximum absolute atomic E-state index is 12.9. The van der Waals surface area contributed by atoms with Crippen LogP contribution < -0.4 is 5.32 Å². The third kappa shape index (κ3) is 3.83. The van der Waals surface area contributed by atoms with Gasteiger partial charge in [-0.2, -0.15) is 5.10 Å². The van der Waals surface area contributed by atoms with Crippen molar-refractivity contribution in [2.45, 2.75) is 40.0 Å². The Morgan fingerprint density at radius 1 is 1.27 bits per heavy atom. The lowest BCUT2D eigenvalue weighted by Gasteiger charge is -2.28. The Morgan fingerprint density at radius 3 is 2.69 bits per heavy atom. The first-order valence-electron chi connectivity index (χ1n) is 9.38. The first-order valence-corrected chi connectivity index (χ1v) is 9.38. The summed E-state index contributed by atoms with van der Waals surface area (Å²) in [5.41, 5.74) is 5.16. The fourth-order valence-electron chi connectivity index (χ4n) is 3.94. The number of aryl methyl sites for hydroxylation is 1. The van der Waals surface area contributed by atoms with Crippen LogP contribution in [-0.4, -0.2) is 47.8 Å². The molecule has 3 rings (SSSR count). The fraction of sp³-hybridized carbons (Fsp3) is 0.524. The molecule has 0 atom stereocenters. The van der Waals surface area contributed by atoms with E-state index in [1.165, 1.54) is 11.3 Å². The van der Waals surface area contributed by atoms with E-state index in [2.05, 4.69) is 57.2 Å². The number of hydrogen-bond acceptors (Lipinski definition) is 3. The molecule has 1 aliphatic rings. The SMILES string of the molecule is Cc1ccccc1-n1nc(C(=O)NCC(C)(C)CN(C)C)c2c1CCC2. The van der Waals surface area contributed by atoms with E-state index in [-0.39, 0.29) is 11.3 Å². The highest BCUT2D eigenvalue weighted by Crippen LogP contribution is 2.29. The molecule has 0 bridgehead atoms. The molecule has 1 heterocycles. The van der Waals surface area contributed by atoms with E-state index in [4.69, 9.17) is 5.10 Å². The number of hydrogen-bond donors (Lipinski definition) is 1. The Bertz CT molecular complexity index is 804. The van der Waals surface area contributed by atoms with Crippen molar-refractivity contribution >= 4 is 5.91 Å². The predicted octanol–water partition coefficient (Wildman–Crippen LogP) is 2.99. The number of amides is 1. The minimum Gasteiger partial charge on any atom is -0.350 e. The Kier molecular flexibility index (Phi) is 5.19. The largest absolute Gasteiger partial charge is 0.350 e. The fourth-order valence-corrected chi connectivity index (χ4v) is 3.94. The quantitative estimate of drug-likeness (QED) is 0.868. The summed E-state index contributed by atoms with van der Waals surface area (Å²) >= 11 is 0. The molecule has 0 saturated heterocycles. The number of nitrogens with zero attached hydrogens (tertiary/aromatic N) is 3. The summed E-state index contributed by atoms with van der Waals surface area (Å²) in [5, 5.41) is 7.83. The van der Waals surface area contributed by atoms with Gasteiger partial charge >= 0.3 is 0 Å². The maximum Gasteiger partial charge on any atom is 0.272 e. The van der Waals surface area contributed by atoms with Crippen molar-refractivity contribution in [3.8, 4) is 5.69 Å². The number of nitrogens with one attached hydrogen (secondary N) is 1. The van der Waals surface area contributed by atoms with Gasteiger partial charge in [-0.25, -0.2) is 4.68 Å². The van der Waals surface area contributed by atoms with E-state index in [1.807, 2.05) is 16.8 Å². The number of rotatable bonds is 6. The van der Waals surface area contributed by atoms with E-state index in [9.17, 15) is 4.79 Å². The molecule has 1 amide bonds. The molecule has 5 nitrogen and oxygen atoms in total. The molecule has 0 radical (unpaired) electrons. The summed E-state index contributed by atoms with van der Waals surface area (Å²) in [6.07, 6.45) is 3.01. The molecule has 1 N–H and O–H groups in total. The average molecular weight is 354 g/mol. The summed E-state index contributed by atoms with van der Waals surface area (Å²) in [5.74, 6) is -0.0534. The van der Waals surface area contributed by atoms with Gasteiger partial charge in [-0.3, -0.25) is 4.79 Å². The van der Waals surface area contributed by atoms with Crippen molar-refractivity contribution in [2.24, 2.45) is 5.41 Å². The molecule has 0 fully saturated rings. The van der Waals surface area contributed by atoms with Gasteiger partial charge in [0.2, 0.25) is 0 Å². The van der Waals surface area contributed by atoms with Crippen LogP contribution >= 0.6 is 0 Å². The third-order valence-electron chi connectivity index (χ3n) is 4.96. The summed E-state index contributed by atoms with van der Waals surface area (Å²) in [6.45, 7) is 7.98. The first-order chi connectivity index (χ1) is 12.3. The van der Waals surface area contributed by atoms with E-state index in [1.54, 1.807) is 0 Å². The predicted molar refractivity (Wildman–Crippen MR) is 105 cm³/mol. The second kappa shape index (κ2) is 7.23. The lowest BCUT2D eigenvalue weighted by Crippen LogP contribution is -2.40. The van der Waals surface area contributed by atoms with Crippen molar-refractivity contribution in [3.63, 3.8) is 0 Å². The van der Waals surface area contributed by atoms with Crippen molar-refractivity contribution in [3.05, 3.63) is 46.8 Å². The lowest BCUT2D eigenvalue weighted by atomic mass is 9.93. The molecule has 0 unspecified atom stereocenters. The number of para-hydroxylation sites is 1. The summed E-state index contributed by atoms with van der Waals surface area (Å²) < 4.78 is 1.98. The first kappa shape index (κ1) is 18.6. The molecule has 26 heavy (non-hydrogen) atoms. The van der Waals surface area contributed by atoms with Crippen LogP contribution in [0.4, 0.5) is 0 Å². The van der Waals surface area contributed by atoms with Gasteiger partial charge in [0.1, 0.15) is 0 Å². The number of benzene rings is 1. The number of carbonyl (C=O) groups excluding carboxylic acids is 1. The topological polar surface area (TPSA) is 50.2 Å². The Hall–Kier alpha value is -2.14. The minimum atomic E-state index is -0.0534. The van der Waals surface area contributed by atoms with Gasteiger partial charge in [-0.05, 0) is 57.3 Å². The van der Waals surface area contributed by atoms with Crippen molar-refractivity contribution in [1.29, 1.82) is 0 Å². The van der Waals surface area contributed by atoms with Gasteiger partial charge in [0.25, 0.3) is 5.91 Å².